The summed E-state index contributed by atoms with van der Waals surface area (Å²) in [4.78, 5) is 0. The fourth-order valence-corrected chi connectivity index (χ4v) is 1.32. The molecular weight excluding hydrogens is 198 g/mol. The van der Waals surface area contributed by atoms with Crippen LogP contribution in [0.2, 0.25) is 5.02 Å². The summed E-state index contributed by atoms with van der Waals surface area (Å²) in [7, 11) is 0. The van der Waals surface area contributed by atoms with Crippen LogP contribution in [0.15, 0.2) is 0 Å². The summed E-state index contributed by atoms with van der Waals surface area (Å²) in [5.74, 6) is -2.26. The van der Waals surface area contributed by atoms with Gasteiger partial charge in [-0.15, -0.1) is 0 Å². The highest BCUT2D eigenvalue weighted by Gasteiger charge is 2.19. The Bertz CT molecular complexity index is 321. The summed E-state index contributed by atoms with van der Waals surface area (Å²) >= 11 is 5.54. The van der Waals surface area contributed by atoms with Crippen LogP contribution in [0.1, 0.15) is 18.1 Å². The molecule has 1 nitrogen and oxygen atoms in total. The van der Waals surface area contributed by atoms with Crippen LogP contribution in [0.4, 0.5) is 8.78 Å². The van der Waals surface area contributed by atoms with Gasteiger partial charge in [-0.05, 0) is 13.3 Å². The average molecular weight is 207 g/mol. The molecule has 1 aromatic carbocycles. The maximum Gasteiger partial charge on any atom is 0.171 e. The molecule has 1 rings (SSSR count). The van der Waals surface area contributed by atoms with Gasteiger partial charge < -0.3 is 5.11 Å². The molecule has 0 aliphatic heterocycles. The van der Waals surface area contributed by atoms with Gasteiger partial charge in [0.15, 0.2) is 11.6 Å². The summed E-state index contributed by atoms with van der Waals surface area (Å²) in [5.41, 5.74) is -0.137. The Hall–Kier alpha value is -0.830. The highest BCUT2D eigenvalue weighted by atomic mass is 35.5. The fraction of sp³-hybridized carbons (Fsp3) is 0.333. The van der Waals surface area contributed by atoms with E-state index in [1.54, 1.807) is 6.92 Å². The van der Waals surface area contributed by atoms with E-state index in [1.165, 1.54) is 6.92 Å². The number of benzene rings is 1. The van der Waals surface area contributed by atoms with Crippen LogP contribution >= 0.6 is 11.6 Å². The van der Waals surface area contributed by atoms with Crippen molar-refractivity contribution in [1.82, 2.24) is 0 Å². The molecular formula is C9H9ClF2O. The molecule has 0 atom stereocenters. The Labute approximate surface area is 80.0 Å². The number of rotatable bonds is 1. The number of phenolic OH excluding ortho intramolecular Hbond substituents is 1. The lowest BCUT2D eigenvalue weighted by Gasteiger charge is -2.09. The lowest BCUT2D eigenvalue weighted by Crippen LogP contribution is -1.98. The topological polar surface area (TPSA) is 20.2 Å². The Balaban J connectivity index is 3.56. The van der Waals surface area contributed by atoms with Crippen LogP contribution in [0.5, 0.6) is 5.75 Å². The lowest BCUT2D eigenvalue weighted by atomic mass is 10.1. The molecule has 0 radical (unpaired) electrons. The van der Waals surface area contributed by atoms with Crippen LogP contribution in [-0.4, -0.2) is 5.11 Å². The summed E-state index contributed by atoms with van der Waals surface area (Å²) in [5, 5.41) is 8.99. The van der Waals surface area contributed by atoms with Crippen molar-refractivity contribution >= 4 is 11.6 Å². The molecule has 1 N–H and O–H groups in total. The molecule has 0 unspecified atom stereocenters. The second-order valence-corrected chi connectivity index (χ2v) is 3.13. The van der Waals surface area contributed by atoms with Gasteiger partial charge in [-0.3, -0.25) is 0 Å². The van der Waals surface area contributed by atoms with Crippen molar-refractivity contribution in [1.29, 1.82) is 0 Å². The smallest absolute Gasteiger partial charge is 0.171 e. The molecule has 0 aromatic heterocycles. The van der Waals surface area contributed by atoms with Gasteiger partial charge in [0.1, 0.15) is 5.82 Å². The molecule has 0 spiro atoms. The summed E-state index contributed by atoms with van der Waals surface area (Å²) in [6.45, 7) is 2.95. The van der Waals surface area contributed by atoms with Gasteiger partial charge in [0.2, 0.25) is 0 Å². The molecule has 0 saturated heterocycles. The zero-order chi connectivity index (χ0) is 10.2. The zero-order valence-corrected chi connectivity index (χ0v) is 8.04. The minimum absolute atomic E-state index is 0.0360. The first-order chi connectivity index (χ1) is 6.00. The third kappa shape index (κ3) is 1.48. The van der Waals surface area contributed by atoms with E-state index in [2.05, 4.69) is 0 Å². The molecule has 0 bridgehead atoms. The van der Waals surface area contributed by atoms with Gasteiger partial charge in [-0.2, -0.15) is 0 Å². The van der Waals surface area contributed by atoms with Crippen LogP contribution in [0.25, 0.3) is 0 Å². The van der Waals surface area contributed by atoms with Gasteiger partial charge in [-0.25, -0.2) is 8.78 Å². The van der Waals surface area contributed by atoms with Gasteiger partial charge in [0.05, 0.1) is 5.02 Å². The van der Waals surface area contributed by atoms with Crippen LogP contribution < -0.4 is 0 Å². The largest absolute Gasteiger partial charge is 0.505 e. The summed E-state index contributed by atoms with van der Waals surface area (Å²) < 4.78 is 26.4. The van der Waals surface area contributed by atoms with Crippen molar-refractivity contribution in [3.63, 3.8) is 0 Å². The predicted octanol–water partition coefficient (Wildman–Crippen LogP) is 3.19. The van der Waals surface area contributed by atoms with Crippen LogP contribution in [-0.2, 0) is 6.42 Å². The van der Waals surface area contributed by atoms with E-state index in [1.807, 2.05) is 0 Å². The first-order valence-corrected chi connectivity index (χ1v) is 4.23. The third-order valence-corrected chi connectivity index (χ3v) is 2.42. The quantitative estimate of drug-likeness (QED) is 0.700. The first kappa shape index (κ1) is 10.3. The second-order valence-electron chi connectivity index (χ2n) is 2.75. The van der Waals surface area contributed by atoms with Gasteiger partial charge >= 0.3 is 0 Å². The molecule has 4 heteroatoms. The fourth-order valence-electron chi connectivity index (χ4n) is 1.12. The highest BCUT2D eigenvalue weighted by Crippen LogP contribution is 2.33. The molecule has 0 aliphatic carbocycles. The van der Waals surface area contributed by atoms with E-state index in [-0.39, 0.29) is 22.6 Å². The number of phenols is 1. The Morgan fingerprint density at radius 2 is 1.85 bits per heavy atom. The van der Waals surface area contributed by atoms with Crippen molar-refractivity contribution in [2.45, 2.75) is 20.3 Å². The monoisotopic (exact) mass is 206 g/mol. The Morgan fingerprint density at radius 3 is 2.31 bits per heavy atom. The maximum absolute atomic E-state index is 13.2. The van der Waals surface area contributed by atoms with Crippen LogP contribution in [0.3, 0.4) is 0 Å². The molecule has 0 saturated carbocycles. The average Bonchev–Trinajstić information content (AvgIpc) is 2.13. The van der Waals surface area contributed by atoms with Gasteiger partial charge in [0.25, 0.3) is 0 Å². The highest BCUT2D eigenvalue weighted by molar-refractivity contribution is 6.31. The summed E-state index contributed by atoms with van der Waals surface area (Å²) in [6.07, 6.45) is 0.158. The molecule has 72 valence electrons. The van der Waals surface area contributed by atoms with Crippen molar-refractivity contribution in [2.75, 3.05) is 0 Å². The molecule has 0 fully saturated rings. The minimum Gasteiger partial charge on any atom is -0.505 e. The minimum atomic E-state index is -0.915. The number of halogens is 3. The normalized spacial score (nSPS) is 10.5. The van der Waals surface area contributed by atoms with E-state index in [4.69, 9.17) is 11.6 Å². The van der Waals surface area contributed by atoms with Crippen LogP contribution in [0, 0.1) is 18.6 Å². The van der Waals surface area contributed by atoms with E-state index in [0.29, 0.717) is 0 Å². The first-order valence-electron chi connectivity index (χ1n) is 3.85. The van der Waals surface area contributed by atoms with E-state index < -0.39 is 17.4 Å². The van der Waals surface area contributed by atoms with Gasteiger partial charge in [0, 0.05) is 11.1 Å². The van der Waals surface area contributed by atoms with E-state index in [9.17, 15) is 13.9 Å². The zero-order valence-electron chi connectivity index (χ0n) is 7.29. The number of hydrogen-bond donors (Lipinski definition) is 1. The standard InChI is InChI=1S/C9H9ClF2O/c1-3-5-7(11)6(10)4(2)9(13)8(5)12/h13H,3H2,1-2H3. The van der Waals surface area contributed by atoms with Gasteiger partial charge in [-0.1, -0.05) is 18.5 Å². The lowest BCUT2D eigenvalue weighted by molar-refractivity contribution is 0.418. The molecule has 0 heterocycles. The van der Waals surface area contributed by atoms with Crippen molar-refractivity contribution in [3.05, 3.63) is 27.8 Å². The van der Waals surface area contributed by atoms with Crippen molar-refractivity contribution in [3.8, 4) is 5.75 Å². The third-order valence-electron chi connectivity index (χ3n) is 1.97. The predicted molar refractivity (Wildman–Crippen MR) is 47.1 cm³/mol. The van der Waals surface area contributed by atoms with E-state index in [0.717, 1.165) is 0 Å². The molecule has 13 heavy (non-hydrogen) atoms. The van der Waals surface area contributed by atoms with E-state index >= 15 is 0 Å². The number of hydrogen-bond acceptors (Lipinski definition) is 1. The van der Waals surface area contributed by atoms with Crippen molar-refractivity contribution in [2.24, 2.45) is 0 Å². The Kier molecular flexibility index (Phi) is 2.76. The molecule has 0 amide bonds. The van der Waals surface area contributed by atoms with Crippen molar-refractivity contribution < 1.29 is 13.9 Å². The molecule has 0 aliphatic rings. The summed E-state index contributed by atoms with van der Waals surface area (Å²) in [6, 6.07) is 0. The maximum atomic E-state index is 13.2. The second kappa shape index (κ2) is 3.50. The molecule has 1 aromatic rings. The SMILES string of the molecule is CCc1c(F)c(O)c(C)c(Cl)c1F. The Morgan fingerprint density at radius 1 is 1.31 bits per heavy atom. The number of aromatic hydroxyl groups is 1.